The summed E-state index contributed by atoms with van der Waals surface area (Å²) in [4.78, 5) is 0. The van der Waals surface area contributed by atoms with Gasteiger partial charge >= 0.3 is 12.4 Å². The van der Waals surface area contributed by atoms with E-state index in [4.69, 9.17) is 0 Å². The fraction of sp³-hybridized carbons (Fsp3) is 0.412. The maximum absolute atomic E-state index is 13.0. The van der Waals surface area contributed by atoms with Gasteiger partial charge in [0.25, 0.3) is 0 Å². The van der Waals surface area contributed by atoms with Crippen molar-refractivity contribution in [2.24, 2.45) is 0 Å². The first-order chi connectivity index (χ1) is 10.9. The van der Waals surface area contributed by atoms with E-state index >= 15 is 0 Å². The third kappa shape index (κ3) is 3.76. The van der Waals surface area contributed by atoms with Crippen LogP contribution in [0.1, 0.15) is 36.5 Å². The second-order valence-electron chi connectivity index (χ2n) is 6.12. The van der Waals surface area contributed by atoms with Gasteiger partial charge in [0.05, 0.1) is 19.9 Å². The van der Waals surface area contributed by atoms with Crippen LogP contribution in [0.15, 0.2) is 35.0 Å². The molecule has 0 bridgehead atoms. The molecule has 0 N–H and O–H groups in total. The Morgan fingerprint density at radius 1 is 0.917 bits per heavy atom. The van der Waals surface area contributed by atoms with Crippen LogP contribution < -0.4 is 0 Å². The van der Waals surface area contributed by atoms with Gasteiger partial charge in [0, 0.05) is 0 Å². The number of allylic oxidation sites excluding steroid dienone is 4. The summed E-state index contributed by atoms with van der Waals surface area (Å²) in [5.41, 5.74) is -1.000. The molecule has 0 spiro atoms. The molecule has 24 heavy (non-hydrogen) atoms. The van der Waals surface area contributed by atoms with E-state index in [-0.39, 0.29) is 11.6 Å². The van der Waals surface area contributed by atoms with Gasteiger partial charge in [-0.3, -0.25) is 0 Å². The first kappa shape index (κ1) is 18.8. The summed E-state index contributed by atoms with van der Waals surface area (Å²) >= 11 is 0. The normalized spacial score (nSPS) is 16.2. The highest BCUT2D eigenvalue weighted by molar-refractivity contribution is 6.65. The first-order valence-electron chi connectivity index (χ1n) is 7.67. The van der Waals surface area contributed by atoms with Gasteiger partial charge in [-0.1, -0.05) is 31.3 Å². The lowest BCUT2D eigenvalue weighted by atomic mass is 9.95. The second-order valence-corrected chi connectivity index (χ2v) is 9.05. The van der Waals surface area contributed by atoms with Crippen LogP contribution in [0, 0.1) is 0 Å². The van der Waals surface area contributed by atoms with Gasteiger partial charge in [0.2, 0.25) is 0 Å². The molecule has 0 heterocycles. The van der Waals surface area contributed by atoms with Crippen LogP contribution >= 0.6 is 0 Å². The maximum Gasteiger partial charge on any atom is 0.416 e. The van der Waals surface area contributed by atoms with Gasteiger partial charge < -0.3 is 0 Å². The molecule has 7 heteroatoms. The van der Waals surface area contributed by atoms with Crippen molar-refractivity contribution in [3.8, 4) is 0 Å². The minimum absolute atomic E-state index is 0.0231. The van der Waals surface area contributed by atoms with Crippen LogP contribution in [0.4, 0.5) is 26.3 Å². The summed E-state index contributed by atoms with van der Waals surface area (Å²) in [7, 11) is -1.19. The lowest BCUT2D eigenvalue weighted by Crippen LogP contribution is -2.12. The Hall–Kier alpha value is -1.50. The van der Waals surface area contributed by atoms with Gasteiger partial charge in [0.15, 0.2) is 0 Å². The van der Waals surface area contributed by atoms with Crippen molar-refractivity contribution in [2.75, 3.05) is 0 Å². The summed E-state index contributed by atoms with van der Waals surface area (Å²) in [6.45, 7) is 6.07. The van der Waals surface area contributed by atoms with Crippen molar-refractivity contribution in [1.82, 2.24) is 0 Å². The summed E-state index contributed by atoms with van der Waals surface area (Å²) in [5.74, 6) is 0. The molecule has 1 aromatic rings. The third-order valence-corrected chi connectivity index (χ3v) is 5.98. The van der Waals surface area contributed by atoms with Crippen LogP contribution in [-0.2, 0) is 12.4 Å². The van der Waals surface area contributed by atoms with E-state index in [0.717, 1.165) is 22.9 Å². The van der Waals surface area contributed by atoms with Crippen molar-refractivity contribution in [3.05, 3.63) is 51.7 Å². The maximum atomic E-state index is 13.0. The predicted octanol–water partition coefficient (Wildman–Crippen LogP) is 6.24. The SMILES string of the molecule is CCC1=C(c2cc(C(F)(F)F)cc(C(F)(F)F)c2)CC=C1[SiH](C)C. The van der Waals surface area contributed by atoms with E-state index in [9.17, 15) is 26.3 Å². The minimum atomic E-state index is -4.81. The topological polar surface area (TPSA) is 0 Å². The Morgan fingerprint density at radius 2 is 1.42 bits per heavy atom. The van der Waals surface area contributed by atoms with Crippen molar-refractivity contribution < 1.29 is 26.3 Å². The quantitative estimate of drug-likeness (QED) is 0.440. The molecule has 2 rings (SSSR count). The molecule has 1 aromatic carbocycles. The molecule has 1 aliphatic rings. The Labute approximate surface area is 138 Å². The minimum Gasteiger partial charge on any atom is -0.166 e. The summed E-state index contributed by atoms with van der Waals surface area (Å²) in [6, 6.07) is 1.84. The molecule has 0 fully saturated rings. The standard InChI is InChI=1S/C17H18F6Si/c1-4-13-14(5-6-15(13)24(2)3)10-7-11(16(18,19)20)9-12(8-10)17(21,22)23/h6-9,24H,4-5H2,1-3H3. The number of hydrogen-bond acceptors (Lipinski definition) is 0. The molecular formula is C17H18F6Si. The van der Waals surface area contributed by atoms with Crippen LogP contribution in [0.2, 0.25) is 13.1 Å². The largest absolute Gasteiger partial charge is 0.416 e. The zero-order valence-electron chi connectivity index (χ0n) is 13.6. The molecule has 0 aromatic heterocycles. The number of rotatable bonds is 3. The Balaban J connectivity index is 2.65. The Kier molecular flexibility index (Phi) is 5.04. The lowest BCUT2D eigenvalue weighted by molar-refractivity contribution is -0.143. The average molecular weight is 364 g/mol. The molecule has 132 valence electrons. The molecule has 0 saturated carbocycles. The highest BCUT2D eigenvalue weighted by Gasteiger charge is 2.37. The molecule has 0 unspecified atom stereocenters. The summed E-state index contributed by atoms with van der Waals surface area (Å²) < 4.78 is 78.1. The summed E-state index contributed by atoms with van der Waals surface area (Å²) in [5, 5.41) is 1.14. The highest BCUT2D eigenvalue weighted by atomic mass is 28.3. The van der Waals surface area contributed by atoms with E-state index in [1.807, 2.05) is 13.0 Å². The molecule has 0 atom stereocenters. The second kappa shape index (κ2) is 6.42. The van der Waals surface area contributed by atoms with Gasteiger partial charge in [-0.15, -0.1) is 0 Å². The van der Waals surface area contributed by atoms with Crippen LogP contribution in [-0.4, -0.2) is 8.80 Å². The van der Waals surface area contributed by atoms with Crippen LogP contribution in [0.25, 0.3) is 5.57 Å². The van der Waals surface area contributed by atoms with Crippen molar-refractivity contribution >= 4 is 14.4 Å². The van der Waals surface area contributed by atoms with E-state index in [2.05, 4.69) is 13.1 Å². The molecule has 0 saturated heterocycles. The zero-order chi connectivity index (χ0) is 18.3. The van der Waals surface area contributed by atoms with E-state index in [1.54, 1.807) is 0 Å². The number of hydrogen-bond donors (Lipinski definition) is 0. The number of halogens is 6. The molecule has 0 nitrogen and oxygen atoms in total. The fourth-order valence-electron chi connectivity index (χ4n) is 3.06. The van der Waals surface area contributed by atoms with E-state index in [0.29, 0.717) is 18.4 Å². The van der Waals surface area contributed by atoms with Gasteiger partial charge in [-0.25, -0.2) is 0 Å². The zero-order valence-corrected chi connectivity index (χ0v) is 14.7. The van der Waals surface area contributed by atoms with E-state index < -0.39 is 32.3 Å². The van der Waals surface area contributed by atoms with Crippen molar-refractivity contribution in [3.63, 3.8) is 0 Å². The monoisotopic (exact) mass is 364 g/mol. The van der Waals surface area contributed by atoms with Crippen LogP contribution in [0.3, 0.4) is 0 Å². The van der Waals surface area contributed by atoms with Gasteiger partial charge in [-0.2, -0.15) is 26.3 Å². The number of alkyl halides is 6. The van der Waals surface area contributed by atoms with Crippen molar-refractivity contribution in [2.45, 2.75) is 45.2 Å². The predicted molar refractivity (Wildman–Crippen MR) is 85.2 cm³/mol. The van der Waals surface area contributed by atoms with Crippen LogP contribution in [0.5, 0.6) is 0 Å². The fourth-order valence-corrected chi connectivity index (χ4v) is 4.72. The Morgan fingerprint density at radius 3 is 1.79 bits per heavy atom. The molecular weight excluding hydrogens is 346 g/mol. The first-order valence-corrected chi connectivity index (χ1v) is 10.6. The summed E-state index contributed by atoms with van der Waals surface area (Å²) in [6.07, 6.45) is -6.68. The molecule has 0 aliphatic heterocycles. The number of benzene rings is 1. The average Bonchev–Trinajstić information content (AvgIpc) is 2.88. The Bertz CT molecular complexity index is 660. The van der Waals surface area contributed by atoms with Crippen molar-refractivity contribution in [1.29, 1.82) is 0 Å². The van der Waals surface area contributed by atoms with Gasteiger partial charge in [-0.05, 0) is 47.8 Å². The molecule has 1 aliphatic carbocycles. The molecule has 0 radical (unpaired) electrons. The van der Waals surface area contributed by atoms with E-state index in [1.165, 1.54) is 0 Å². The van der Waals surface area contributed by atoms with Gasteiger partial charge in [0.1, 0.15) is 0 Å². The third-order valence-electron chi connectivity index (χ3n) is 4.15. The lowest BCUT2D eigenvalue weighted by Gasteiger charge is -2.17. The highest BCUT2D eigenvalue weighted by Crippen LogP contribution is 2.42. The molecule has 0 amide bonds. The smallest absolute Gasteiger partial charge is 0.166 e.